The van der Waals surface area contributed by atoms with Crippen LogP contribution in [-0.2, 0) is 0 Å². The maximum absolute atomic E-state index is 13.5. The van der Waals surface area contributed by atoms with E-state index < -0.39 is 6.17 Å². The molecule has 2 aromatic heterocycles. The molecule has 1 fully saturated rings. The molecule has 0 bridgehead atoms. The Hall–Kier alpha value is -2.19. The van der Waals surface area contributed by atoms with E-state index >= 15 is 0 Å². The molecule has 1 saturated heterocycles. The number of nitrogens with zero attached hydrogens (tertiary/aromatic N) is 3. The topological polar surface area (TPSA) is 75.0 Å². The fourth-order valence-corrected chi connectivity index (χ4v) is 4.20. The summed E-state index contributed by atoms with van der Waals surface area (Å²) < 4.78 is 16.1. The molecule has 1 aliphatic rings. The van der Waals surface area contributed by atoms with E-state index in [0.29, 0.717) is 24.3 Å². The summed E-state index contributed by atoms with van der Waals surface area (Å²) in [5.74, 6) is 0.202. The summed E-state index contributed by atoms with van der Waals surface area (Å²) in [7, 11) is 0. The van der Waals surface area contributed by atoms with E-state index in [1.165, 1.54) is 11.3 Å². The van der Waals surface area contributed by atoms with Gasteiger partial charge in [0.25, 0.3) is 0 Å². The molecule has 3 N–H and O–H groups in total. The van der Waals surface area contributed by atoms with Crippen molar-refractivity contribution in [3.8, 4) is 11.4 Å². The molecule has 0 radical (unpaired) electrons. The summed E-state index contributed by atoms with van der Waals surface area (Å²) in [5, 5.41) is 21.8. The first kappa shape index (κ1) is 16.3. The van der Waals surface area contributed by atoms with E-state index in [0.717, 1.165) is 27.5 Å². The van der Waals surface area contributed by atoms with Crippen molar-refractivity contribution in [2.24, 2.45) is 0 Å². The van der Waals surface area contributed by atoms with Crippen molar-refractivity contribution in [1.82, 2.24) is 20.1 Å². The highest BCUT2D eigenvalue weighted by Gasteiger charge is 2.22. The van der Waals surface area contributed by atoms with Crippen molar-refractivity contribution in [3.63, 3.8) is 0 Å². The second-order valence-electron chi connectivity index (χ2n) is 6.56. The lowest BCUT2D eigenvalue weighted by molar-refractivity contribution is 0.255. The van der Waals surface area contributed by atoms with Crippen LogP contribution in [0.2, 0.25) is 0 Å². The first-order valence-electron chi connectivity index (χ1n) is 8.27. The van der Waals surface area contributed by atoms with Crippen LogP contribution in [0.25, 0.3) is 16.0 Å². The predicted molar refractivity (Wildman–Crippen MR) is 97.7 cm³/mol. The molecule has 8 heteroatoms. The predicted octanol–water partition coefficient (Wildman–Crippen LogP) is 2.92. The van der Waals surface area contributed by atoms with Crippen LogP contribution >= 0.6 is 11.3 Å². The Balaban J connectivity index is 1.60. The molecule has 2 atom stereocenters. The molecular weight excluding hydrogens is 341 g/mol. The van der Waals surface area contributed by atoms with Crippen molar-refractivity contribution in [3.05, 3.63) is 29.5 Å². The van der Waals surface area contributed by atoms with E-state index in [-0.39, 0.29) is 11.8 Å². The molecule has 1 aromatic carbocycles. The molecule has 0 saturated carbocycles. The number of piperidine rings is 1. The second kappa shape index (κ2) is 6.27. The van der Waals surface area contributed by atoms with Crippen molar-refractivity contribution in [1.29, 1.82) is 0 Å². The normalized spacial score (nSPS) is 20.9. The summed E-state index contributed by atoms with van der Waals surface area (Å²) in [5.41, 5.74) is 3.24. The highest BCUT2D eigenvalue weighted by atomic mass is 32.1. The molecule has 3 aromatic rings. The lowest BCUT2D eigenvalue weighted by atomic mass is 10.1. The Bertz CT molecular complexity index is 867. The van der Waals surface area contributed by atoms with Crippen molar-refractivity contribution in [2.75, 3.05) is 18.4 Å². The van der Waals surface area contributed by atoms with Gasteiger partial charge in [-0.1, -0.05) is 17.4 Å². The maximum Gasteiger partial charge on any atom is 0.194 e. The van der Waals surface area contributed by atoms with Crippen molar-refractivity contribution < 1.29 is 9.50 Å². The Morgan fingerprint density at radius 3 is 2.92 bits per heavy atom. The third-order valence-corrected chi connectivity index (χ3v) is 5.27. The standard InChI is InChI=1S/C17H20FN5OS/c1-9-3-10(2)15(13(24)4-9)23-8-14-16(22-23)21-17(25-14)20-12-5-11(18)6-19-7-12/h3-4,8,11-12,19,24H,5-7H2,1-2H3,(H,20,21,22)/t11-,12-/m1/s1. The third kappa shape index (κ3) is 3.19. The van der Waals surface area contributed by atoms with Crippen LogP contribution in [0.3, 0.4) is 0 Å². The van der Waals surface area contributed by atoms with Crippen molar-refractivity contribution in [2.45, 2.75) is 32.5 Å². The molecular formula is C17H20FN5OS. The molecule has 25 heavy (non-hydrogen) atoms. The number of fused-ring (bicyclic) bond motifs is 1. The largest absolute Gasteiger partial charge is 0.506 e. The number of benzene rings is 1. The Morgan fingerprint density at radius 1 is 1.36 bits per heavy atom. The number of phenolic OH excluding ortho intramolecular Hbond substituents is 1. The van der Waals surface area contributed by atoms with Crippen LogP contribution in [0.5, 0.6) is 5.75 Å². The van der Waals surface area contributed by atoms with Gasteiger partial charge in [0, 0.05) is 25.6 Å². The van der Waals surface area contributed by atoms with Gasteiger partial charge < -0.3 is 15.7 Å². The molecule has 3 heterocycles. The van der Waals surface area contributed by atoms with Crippen molar-refractivity contribution >= 4 is 26.8 Å². The lowest BCUT2D eigenvalue weighted by Gasteiger charge is -2.26. The summed E-state index contributed by atoms with van der Waals surface area (Å²) in [6, 6.07) is 3.77. The maximum atomic E-state index is 13.5. The van der Waals surface area contributed by atoms with Crippen LogP contribution < -0.4 is 10.6 Å². The zero-order valence-electron chi connectivity index (χ0n) is 14.1. The van der Waals surface area contributed by atoms with Gasteiger partial charge in [-0.15, -0.1) is 5.10 Å². The van der Waals surface area contributed by atoms with Gasteiger partial charge in [0.1, 0.15) is 17.6 Å². The van der Waals surface area contributed by atoms with E-state index in [1.807, 2.05) is 26.1 Å². The Labute approximate surface area is 148 Å². The summed E-state index contributed by atoms with van der Waals surface area (Å²) in [6.07, 6.45) is 1.53. The number of alkyl halides is 1. The fourth-order valence-electron chi connectivity index (χ4n) is 3.31. The smallest absolute Gasteiger partial charge is 0.194 e. The van der Waals surface area contributed by atoms with Gasteiger partial charge in [-0.3, -0.25) is 0 Å². The number of aryl methyl sites for hydroxylation is 2. The number of phenols is 1. The van der Waals surface area contributed by atoms with Crippen LogP contribution in [0.15, 0.2) is 18.3 Å². The van der Waals surface area contributed by atoms with Gasteiger partial charge in [0.15, 0.2) is 10.8 Å². The molecule has 0 unspecified atom stereocenters. The van der Waals surface area contributed by atoms with Gasteiger partial charge in [0.05, 0.1) is 10.9 Å². The molecule has 4 rings (SSSR count). The number of halogens is 1. The number of hydrogen-bond donors (Lipinski definition) is 3. The average molecular weight is 361 g/mol. The van der Waals surface area contributed by atoms with Gasteiger partial charge in [0.2, 0.25) is 0 Å². The minimum absolute atomic E-state index is 0.0366. The van der Waals surface area contributed by atoms with Crippen LogP contribution in [-0.4, -0.2) is 45.2 Å². The van der Waals surface area contributed by atoms with Gasteiger partial charge in [-0.2, -0.15) is 4.98 Å². The van der Waals surface area contributed by atoms with Gasteiger partial charge >= 0.3 is 0 Å². The quantitative estimate of drug-likeness (QED) is 0.669. The zero-order chi connectivity index (χ0) is 17.6. The minimum Gasteiger partial charge on any atom is -0.506 e. The van der Waals surface area contributed by atoms with E-state index in [2.05, 4.69) is 20.7 Å². The summed E-state index contributed by atoms with van der Waals surface area (Å²) in [4.78, 5) is 4.50. The molecule has 0 amide bonds. The number of anilines is 1. The van der Waals surface area contributed by atoms with Crippen LogP contribution in [0, 0.1) is 13.8 Å². The Kier molecular flexibility index (Phi) is 4.09. The third-order valence-electron chi connectivity index (χ3n) is 4.35. The number of nitrogens with one attached hydrogen (secondary N) is 2. The van der Waals surface area contributed by atoms with Crippen LogP contribution in [0.1, 0.15) is 17.5 Å². The SMILES string of the molecule is Cc1cc(C)c(-n2cc3sc(N[C@H]4CNC[C@H](F)C4)nc3n2)c(O)c1. The summed E-state index contributed by atoms with van der Waals surface area (Å²) in [6.45, 7) is 5.04. The van der Waals surface area contributed by atoms with Gasteiger partial charge in [-0.05, 0) is 31.0 Å². The number of hydrogen-bond acceptors (Lipinski definition) is 6. The molecule has 0 aliphatic carbocycles. The second-order valence-corrected chi connectivity index (χ2v) is 7.59. The zero-order valence-corrected chi connectivity index (χ0v) is 14.9. The molecule has 6 nitrogen and oxygen atoms in total. The van der Waals surface area contributed by atoms with E-state index in [4.69, 9.17) is 0 Å². The van der Waals surface area contributed by atoms with E-state index in [9.17, 15) is 9.50 Å². The minimum atomic E-state index is -0.822. The monoisotopic (exact) mass is 361 g/mol. The first-order chi connectivity index (χ1) is 12.0. The fraction of sp³-hybridized carbons (Fsp3) is 0.412. The number of aromatic nitrogens is 3. The van der Waals surface area contributed by atoms with Crippen LogP contribution in [0.4, 0.5) is 9.52 Å². The molecule has 0 spiro atoms. The lowest BCUT2D eigenvalue weighted by Crippen LogP contribution is -2.44. The number of aromatic hydroxyl groups is 1. The first-order valence-corrected chi connectivity index (χ1v) is 9.09. The molecule has 1 aliphatic heterocycles. The number of rotatable bonds is 3. The van der Waals surface area contributed by atoms with E-state index in [1.54, 1.807) is 10.7 Å². The highest BCUT2D eigenvalue weighted by molar-refractivity contribution is 7.22. The summed E-state index contributed by atoms with van der Waals surface area (Å²) >= 11 is 1.49. The average Bonchev–Trinajstić information content (AvgIpc) is 3.04. The van der Waals surface area contributed by atoms with Gasteiger partial charge in [-0.25, -0.2) is 9.07 Å². The Morgan fingerprint density at radius 2 is 2.20 bits per heavy atom. The highest BCUT2D eigenvalue weighted by Crippen LogP contribution is 2.31. The molecule has 132 valence electrons. The number of thiazole rings is 1.